The van der Waals surface area contributed by atoms with Gasteiger partial charge in [0.25, 0.3) is 0 Å². The van der Waals surface area contributed by atoms with Crippen LogP contribution in [-0.4, -0.2) is 184 Å². The van der Waals surface area contributed by atoms with Crippen molar-refractivity contribution in [3.8, 4) is 5.75 Å². The molecular formula is C47H76N12O15. The lowest BCUT2D eigenvalue weighted by Gasteiger charge is -2.35. The second kappa shape index (κ2) is 28.9. The normalized spacial score (nSPS) is 19.3. The molecule has 74 heavy (non-hydrogen) atoms. The topological polar surface area (TPSA) is 430 Å². The first-order valence-electron chi connectivity index (χ1n) is 24.0. The van der Waals surface area contributed by atoms with Gasteiger partial charge >= 0.3 is 5.97 Å². The molecule has 1 saturated heterocycles. The lowest BCUT2D eigenvalue weighted by atomic mass is 9.93. The molecule has 1 heterocycles. The van der Waals surface area contributed by atoms with Gasteiger partial charge in [-0.15, -0.1) is 0 Å². The zero-order chi connectivity index (χ0) is 56.5. The van der Waals surface area contributed by atoms with Gasteiger partial charge in [0, 0.05) is 40.1 Å². The number of primary amides is 1. The number of nitrogens with zero attached hydrogens (tertiary/aromatic N) is 3. The molecule has 3 unspecified atom stereocenters. The number of carboxylic acids is 1. The minimum atomic E-state index is -1.81. The molecule has 0 radical (unpaired) electrons. The highest BCUT2D eigenvalue weighted by Crippen LogP contribution is 2.26. The minimum Gasteiger partial charge on any atom is -0.508 e. The van der Waals surface area contributed by atoms with E-state index < -0.39 is 145 Å². The Kier molecular flexibility index (Phi) is 24.6. The molecule has 0 bridgehead atoms. The lowest BCUT2D eigenvalue weighted by molar-refractivity contribution is -0.152. The van der Waals surface area contributed by atoms with Gasteiger partial charge < -0.3 is 84.1 Å². The Hall–Kier alpha value is -7.13. The Morgan fingerprint density at radius 2 is 1.28 bits per heavy atom. The van der Waals surface area contributed by atoms with Crippen LogP contribution in [0.2, 0.25) is 0 Å². The van der Waals surface area contributed by atoms with Crippen LogP contribution < -0.4 is 49.1 Å². The Labute approximate surface area is 429 Å². The molecule has 0 saturated carbocycles. The second-order valence-corrected chi connectivity index (χ2v) is 19.0. The van der Waals surface area contributed by atoms with Crippen LogP contribution in [0.25, 0.3) is 0 Å². The molecule has 0 aliphatic carbocycles. The summed E-state index contributed by atoms with van der Waals surface area (Å²) in [6, 6.07) is -6.75. The van der Waals surface area contributed by atoms with E-state index in [1.807, 2.05) is 0 Å². The zero-order valence-corrected chi connectivity index (χ0v) is 43.5. The maximum atomic E-state index is 14.6. The number of guanidine groups is 1. The molecule has 414 valence electrons. The number of likely N-dealkylation sites (N-methyl/N-ethyl adjacent to an activating group) is 2. The Morgan fingerprint density at radius 3 is 1.77 bits per heavy atom. The van der Waals surface area contributed by atoms with Crippen LogP contribution in [-0.2, 0) is 52.7 Å². The highest BCUT2D eigenvalue weighted by Gasteiger charge is 2.44. The van der Waals surface area contributed by atoms with Gasteiger partial charge in [-0.1, -0.05) is 39.8 Å². The van der Waals surface area contributed by atoms with E-state index in [0.717, 1.165) is 16.7 Å². The summed E-state index contributed by atoms with van der Waals surface area (Å²) < 4.78 is 5.65. The number of aromatic hydroxyl groups is 1. The largest absolute Gasteiger partial charge is 0.508 e. The van der Waals surface area contributed by atoms with E-state index in [-0.39, 0.29) is 54.9 Å². The molecule has 1 fully saturated rings. The predicted molar refractivity (Wildman–Crippen MR) is 265 cm³/mol. The van der Waals surface area contributed by atoms with Gasteiger partial charge in [-0.2, -0.15) is 0 Å². The number of carbonyl (C=O) groups is 10. The molecule has 1 aliphatic heterocycles. The first-order chi connectivity index (χ1) is 34.4. The molecular weight excluding hydrogens is 973 g/mol. The number of phenolic OH excluding ortho intramolecular Hbond substituents is 1. The number of nitrogens with one attached hydrogen (secondary N) is 6. The number of aliphatic hydroxyl groups is 2. The second-order valence-electron chi connectivity index (χ2n) is 19.0. The number of amides is 9. The van der Waals surface area contributed by atoms with E-state index in [9.17, 15) is 68.4 Å². The number of carboxylic acid groups (broad SMARTS) is 1. The molecule has 1 aliphatic rings. The number of rotatable bonds is 29. The van der Waals surface area contributed by atoms with Crippen molar-refractivity contribution in [1.29, 1.82) is 0 Å². The third-order valence-electron chi connectivity index (χ3n) is 12.7. The molecule has 16 N–H and O–H groups in total. The van der Waals surface area contributed by atoms with Gasteiger partial charge in [-0.3, -0.25) is 48.1 Å². The number of benzene rings is 1. The molecule has 13 atom stereocenters. The highest BCUT2D eigenvalue weighted by atomic mass is 16.5. The highest BCUT2D eigenvalue weighted by molar-refractivity contribution is 5.99. The van der Waals surface area contributed by atoms with Crippen molar-refractivity contribution < 1.29 is 73.1 Å². The molecule has 27 nitrogen and oxygen atoms in total. The number of methoxy groups -OCH3 is 1. The van der Waals surface area contributed by atoms with Gasteiger partial charge in [0.05, 0.1) is 12.2 Å². The third kappa shape index (κ3) is 18.1. The number of carbonyl (C=O) groups excluding carboxylic acids is 9. The number of nitrogens with two attached hydrogens (primary N) is 3. The summed E-state index contributed by atoms with van der Waals surface area (Å²) in [7, 11) is 3.61. The lowest BCUT2D eigenvalue weighted by Crippen LogP contribution is -2.63. The summed E-state index contributed by atoms with van der Waals surface area (Å²) in [4.78, 5) is 140. The fourth-order valence-corrected chi connectivity index (χ4v) is 7.94. The number of aliphatic imine (C=N–C) groups is 1. The third-order valence-corrected chi connectivity index (χ3v) is 12.7. The number of aliphatic hydroxyl groups excluding tert-OH is 2. The summed E-state index contributed by atoms with van der Waals surface area (Å²) in [6.07, 6.45) is -5.57. The summed E-state index contributed by atoms with van der Waals surface area (Å²) in [5.41, 5.74) is 16.7. The smallest absolute Gasteiger partial charge is 0.326 e. The number of hydrogen-bond donors (Lipinski definition) is 13. The van der Waals surface area contributed by atoms with E-state index in [4.69, 9.17) is 21.9 Å². The molecule has 1 aromatic rings. The Morgan fingerprint density at radius 1 is 0.743 bits per heavy atom. The maximum Gasteiger partial charge on any atom is 0.326 e. The summed E-state index contributed by atoms with van der Waals surface area (Å²) in [5, 5.41) is 55.8. The average Bonchev–Trinajstić information content (AvgIpc) is 3.58. The molecule has 0 aromatic heterocycles. The van der Waals surface area contributed by atoms with Crippen molar-refractivity contribution in [2.24, 2.45) is 39.9 Å². The van der Waals surface area contributed by atoms with E-state index in [1.165, 1.54) is 59.3 Å². The average molecular weight is 1050 g/mol. The van der Waals surface area contributed by atoms with E-state index in [1.54, 1.807) is 27.7 Å². The predicted octanol–water partition coefficient (Wildman–Crippen LogP) is -3.84. The quantitative estimate of drug-likeness (QED) is 0.0208. The SMILES string of the molecule is CO[C@H](c1ccc(O)cc1)C(NC(=O)[C@H](CCC(N)=O)N(C)C(=O)[C@H](CC(C)C)NC(=O)[C@@H](CCCN=C(N)N)NC(=O)C(NC(=O)C(NC(=O)[C@H]1NC(=O)[C@H](C)[C@@H]1C)[C@@H](C)O)[C@@H](C)O)C(=O)N(C)[C@@H](C)C(=O)O. The number of aliphatic carboxylic acids is 1. The fourth-order valence-electron chi connectivity index (χ4n) is 7.94. The Bertz CT molecular complexity index is 2190. The van der Waals surface area contributed by atoms with Crippen molar-refractivity contribution in [1.82, 2.24) is 41.7 Å². The standard InChI is InChI=1S/C47H76N12O15/c1-21(2)20-30(44(70)59(9)31(17-18-32(48)63)40(66)57-36(45(71)58(8)24(5)46(72)73)37(74-10)27-13-15-28(62)16-14-27)53-39(65)29(12-11-19-51-47(49)50)52-42(68)34(25(6)60)56-43(69)35(26(7)61)55-41(67)33-22(3)23(4)38(64)54-33/h13-16,21-26,29-31,33-37,60-62H,11-12,17-20H2,1-10H3,(H2,48,63)(H,52,68)(H,53,65)(H,54,64)(H,55,67)(H,56,69)(H,57,66)(H,72,73)(H4,49,50,51)/t22-,23+,24-,25+,26+,29+,30-,31-,33-,34?,35?,36?,37+/m0/s1. The summed E-state index contributed by atoms with van der Waals surface area (Å²) in [5.74, 6) is -11.2. The van der Waals surface area contributed by atoms with E-state index in [0.29, 0.717) is 0 Å². The van der Waals surface area contributed by atoms with Crippen molar-refractivity contribution in [2.75, 3.05) is 27.7 Å². The molecule has 2 rings (SSSR count). The molecule has 9 amide bonds. The van der Waals surface area contributed by atoms with E-state index in [2.05, 4.69) is 36.9 Å². The zero-order valence-electron chi connectivity index (χ0n) is 43.5. The van der Waals surface area contributed by atoms with Crippen LogP contribution in [0, 0.1) is 17.8 Å². The summed E-state index contributed by atoms with van der Waals surface area (Å²) in [6.45, 7) is 10.3. The maximum absolute atomic E-state index is 14.6. The fraction of sp³-hybridized carbons (Fsp3) is 0.638. The van der Waals surface area contributed by atoms with Crippen LogP contribution in [0.3, 0.4) is 0 Å². The van der Waals surface area contributed by atoms with Crippen LogP contribution in [0.15, 0.2) is 29.3 Å². The Balaban J connectivity index is 2.55. The van der Waals surface area contributed by atoms with Crippen molar-refractivity contribution >= 4 is 65.1 Å². The first-order valence-corrected chi connectivity index (χ1v) is 24.0. The van der Waals surface area contributed by atoms with Crippen molar-refractivity contribution in [3.63, 3.8) is 0 Å². The molecule has 1 aromatic carbocycles. The van der Waals surface area contributed by atoms with Crippen molar-refractivity contribution in [3.05, 3.63) is 29.8 Å². The van der Waals surface area contributed by atoms with Gasteiger partial charge in [0.15, 0.2) is 5.96 Å². The van der Waals surface area contributed by atoms with Crippen molar-refractivity contribution in [2.45, 2.75) is 147 Å². The first kappa shape index (κ1) is 63.0. The van der Waals surface area contributed by atoms with E-state index >= 15 is 0 Å². The molecule has 27 heteroatoms. The van der Waals surface area contributed by atoms with Gasteiger partial charge in [-0.05, 0) is 76.0 Å². The van der Waals surface area contributed by atoms with Crippen LogP contribution in [0.1, 0.15) is 92.2 Å². The number of hydrogen-bond acceptors (Lipinski definition) is 15. The number of ether oxygens (including phenoxy) is 1. The molecule has 0 spiro atoms. The van der Waals surface area contributed by atoms with Gasteiger partial charge in [0.1, 0.15) is 60.2 Å². The monoisotopic (exact) mass is 1050 g/mol. The minimum absolute atomic E-state index is 0.0356. The van der Waals surface area contributed by atoms with Gasteiger partial charge in [-0.25, -0.2) is 4.79 Å². The van der Waals surface area contributed by atoms with Crippen LogP contribution >= 0.6 is 0 Å². The number of phenols is 1. The van der Waals surface area contributed by atoms with Gasteiger partial charge in [0.2, 0.25) is 53.2 Å². The van der Waals surface area contributed by atoms with Crippen LogP contribution in [0.5, 0.6) is 5.75 Å². The summed E-state index contributed by atoms with van der Waals surface area (Å²) >= 11 is 0. The van der Waals surface area contributed by atoms with Crippen LogP contribution in [0.4, 0.5) is 0 Å².